The molecule has 0 aromatic heterocycles. The molecule has 0 atom stereocenters. The summed E-state index contributed by atoms with van der Waals surface area (Å²) in [6.45, 7) is 0. The Morgan fingerprint density at radius 1 is 1.10 bits per heavy atom. The second-order valence-electron chi connectivity index (χ2n) is 4.28. The summed E-state index contributed by atoms with van der Waals surface area (Å²) in [5, 5.41) is -0.400. The van der Waals surface area contributed by atoms with E-state index in [-0.39, 0.29) is 12.0 Å². The zero-order valence-electron chi connectivity index (χ0n) is 10.7. The van der Waals surface area contributed by atoms with Crippen LogP contribution in [0.1, 0.15) is 11.1 Å². The first-order valence-electron chi connectivity index (χ1n) is 5.97. The molecule has 0 N–H and O–H groups in total. The molecule has 0 saturated carbocycles. The Morgan fingerprint density at radius 3 is 2.38 bits per heavy atom. The molecular weight excluding hydrogens is 305 g/mol. The highest BCUT2D eigenvalue weighted by Crippen LogP contribution is 2.35. The van der Waals surface area contributed by atoms with E-state index in [9.17, 15) is 18.0 Å². The highest BCUT2D eigenvalue weighted by Gasteiger charge is 2.33. The standard InChI is InChI=1S/C15H10ClF3O2/c16-13-7-6-10(8-12(13)15(17,18)19)9-14(20)21-11-4-2-1-3-5-11/h1-8H,9H2. The molecule has 0 unspecified atom stereocenters. The molecule has 2 nitrogen and oxygen atoms in total. The highest BCUT2D eigenvalue weighted by molar-refractivity contribution is 6.31. The van der Waals surface area contributed by atoms with E-state index in [0.717, 1.165) is 12.1 Å². The molecule has 2 aromatic rings. The molecule has 0 saturated heterocycles. The number of para-hydroxylation sites is 1. The van der Waals surface area contributed by atoms with Gasteiger partial charge in [0.25, 0.3) is 0 Å². The Morgan fingerprint density at radius 2 is 1.76 bits per heavy atom. The zero-order valence-corrected chi connectivity index (χ0v) is 11.4. The van der Waals surface area contributed by atoms with E-state index in [4.69, 9.17) is 16.3 Å². The Kier molecular flexibility index (Phi) is 4.53. The summed E-state index contributed by atoms with van der Waals surface area (Å²) in [6.07, 6.45) is -4.83. The maximum absolute atomic E-state index is 12.7. The van der Waals surface area contributed by atoms with Gasteiger partial charge in [-0.15, -0.1) is 0 Å². The van der Waals surface area contributed by atoms with Crippen molar-refractivity contribution in [2.24, 2.45) is 0 Å². The van der Waals surface area contributed by atoms with E-state index < -0.39 is 22.7 Å². The van der Waals surface area contributed by atoms with Crippen LogP contribution in [0.3, 0.4) is 0 Å². The van der Waals surface area contributed by atoms with Crippen molar-refractivity contribution < 1.29 is 22.7 Å². The van der Waals surface area contributed by atoms with Crippen LogP contribution in [0.15, 0.2) is 48.5 Å². The average Bonchev–Trinajstić information content (AvgIpc) is 2.41. The van der Waals surface area contributed by atoms with E-state index in [0.29, 0.717) is 5.75 Å². The fourth-order valence-corrected chi connectivity index (χ4v) is 1.95. The molecule has 0 bridgehead atoms. The molecule has 0 aliphatic carbocycles. The fraction of sp³-hybridized carbons (Fsp3) is 0.133. The summed E-state index contributed by atoms with van der Waals surface area (Å²) in [4.78, 5) is 11.7. The van der Waals surface area contributed by atoms with Gasteiger partial charge in [0.2, 0.25) is 0 Å². The van der Waals surface area contributed by atoms with Crippen LogP contribution < -0.4 is 4.74 Å². The molecule has 0 radical (unpaired) electrons. The van der Waals surface area contributed by atoms with Crippen LogP contribution in [0.25, 0.3) is 0 Å². The van der Waals surface area contributed by atoms with Gasteiger partial charge in [-0.2, -0.15) is 13.2 Å². The van der Waals surface area contributed by atoms with Crippen molar-refractivity contribution in [1.82, 2.24) is 0 Å². The molecule has 110 valence electrons. The molecule has 0 fully saturated rings. The van der Waals surface area contributed by atoms with Gasteiger partial charge in [-0.05, 0) is 29.8 Å². The molecule has 0 aliphatic rings. The van der Waals surface area contributed by atoms with Crippen LogP contribution in [0, 0.1) is 0 Å². The normalized spacial score (nSPS) is 11.2. The first kappa shape index (κ1) is 15.4. The fourth-order valence-electron chi connectivity index (χ4n) is 1.72. The van der Waals surface area contributed by atoms with Crippen molar-refractivity contribution in [1.29, 1.82) is 0 Å². The van der Waals surface area contributed by atoms with Crippen LogP contribution in [0.2, 0.25) is 5.02 Å². The quantitative estimate of drug-likeness (QED) is 0.615. The Labute approximate surface area is 124 Å². The smallest absolute Gasteiger partial charge is 0.417 e. The van der Waals surface area contributed by atoms with E-state index in [2.05, 4.69) is 0 Å². The van der Waals surface area contributed by atoms with Crippen LogP contribution in [0.4, 0.5) is 13.2 Å². The number of hydrogen-bond donors (Lipinski definition) is 0. The van der Waals surface area contributed by atoms with Crippen molar-refractivity contribution in [2.45, 2.75) is 12.6 Å². The molecule has 0 amide bonds. The van der Waals surface area contributed by atoms with Gasteiger partial charge in [-0.3, -0.25) is 4.79 Å². The SMILES string of the molecule is O=C(Cc1ccc(Cl)c(C(F)(F)F)c1)Oc1ccccc1. The van der Waals surface area contributed by atoms with Gasteiger partial charge in [0.15, 0.2) is 0 Å². The third-order valence-corrected chi connectivity index (χ3v) is 2.99. The number of hydrogen-bond acceptors (Lipinski definition) is 2. The van der Waals surface area contributed by atoms with E-state index in [1.54, 1.807) is 30.3 Å². The van der Waals surface area contributed by atoms with Crippen LogP contribution in [0.5, 0.6) is 5.75 Å². The minimum atomic E-state index is -4.56. The molecule has 6 heteroatoms. The zero-order chi connectivity index (χ0) is 15.5. The van der Waals surface area contributed by atoms with Gasteiger partial charge in [0.1, 0.15) is 5.75 Å². The lowest BCUT2D eigenvalue weighted by Crippen LogP contribution is -2.12. The van der Waals surface area contributed by atoms with E-state index in [1.165, 1.54) is 6.07 Å². The summed E-state index contributed by atoms with van der Waals surface area (Å²) >= 11 is 5.51. The molecule has 0 spiro atoms. The van der Waals surface area contributed by atoms with Crippen LogP contribution in [-0.4, -0.2) is 5.97 Å². The maximum Gasteiger partial charge on any atom is 0.417 e. The number of alkyl halides is 3. The number of esters is 1. The molecule has 0 heterocycles. The Balaban J connectivity index is 2.11. The van der Waals surface area contributed by atoms with Gasteiger partial charge in [0.05, 0.1) is 17.0 Å². The lowest BCUT2D eigenvalue weighted by atomic mass is 10.1. The highest BCUT2D eigenvalue weighted by atomic mass is 35.5. The van der Waals surface area contributed by atoms with Crippen LogP contribution in [-0.2, 0) is 17.4 Å². The van der Waals surface area contributed by atoms with E-state index >= 15 is 0 Å². The average molecular weight is 315 g/mol. The first-order valence-corrected chi connectivity index (χ1v) is 6.35. The van der Waals surface area contributed by atoms with Crippen molar-refractivity contribution in [2.75, 3.05) is 0 Å². The summed E-state index contributed by atoms with van der Waals surface area (Å²) in [5.41, 5.74) is -0.776. The number of carbonyl (C=O) groups is 1. The predicted octanol–water partition coefficient (Wildman–Crippen LogP) is 4.51. The number of benzene rings is 2. The van der Waals surface area contributed by atoms with Crippen molar-refractivity contribution in [3.8, 4) is 5.75 Å². The van der Waals surface area contributed by atoms with Crippen molar-refractivity contribution in [3.05, 3.63) is 64.7 Å². The second-order valence-corrected chi connectivity index (χ2v) is 4.68. The minimum Gasteiger partial charge on any atom is -0.426 e. The Hall–Kier alpha value is -2.01. The lowest BCUT2D eigenvalue weighted by molar-refractivity contribution is -0.138. The monoisotopic (exact) mass is 314 g/mol. The first-order chi connectivity index (χ1) is 9.86. The molecular formula is C15H10ClF3O2. The van der Waals surface area contributed by atoms with E-state index in [1.807, 2.05) is 0 Å². The van der Waals surface area contributed by atoms with Gasteiger partial charge >= 0.3 is 12.1 Å². The maximum atomic E-state index is 12.7. The van der Waals surface area contributed by atoms with Gasteiger partial charge in [0, 0.05) is 0 Å². The molecule has 21 heavy (non-hydrogen) atoms. The van der Waals surface area contributed by atoms with Crippen LogP contribution >= 0.6 is 11.6 Å². The number of rotatable bonds is 3. The van der Waals surface area contributed by atoms with Gasteiger partial charge < -0.3 is 4.74 Å². The summed E-state index contributed by atoms with van der Waals surface area (Å²) in [7, 11) is 0. The number of ether oxygens (including phenoxy) is 1. The molecule has 2 aromatic carbocycles. The second kappa shape index (κ2) is 6.18. The third kappa shape index (κ3) is 4.23. The number of carbonyl (C=O) groups excluding carboxylic acids is 1. The minimum absolute atomic E-state index is 0.188. The molecule has 0 aliphatic heterocycles. The lowest BCUT2D eigenvalue weighted by Gasteiger charge is -2.10. The third-order valence-electron chi connectivity index (χ3n) is 2.66. The van der Waals surface area contributed by atoms with Gasteiger partial charge in [-0.25, -0.2) is 0 Å². The van der Waals surface area contributed by atoms with Gasteiger partial charge in [-0.1, -0.05) is 35.9 Å². The largest absolute Gasteiger partial charge is 0.426 e. The summed E-state index contributed by atoms with van der Waals surface area (Å²) < 4.78 is 43.2. The predicted molar refractivity (Wildman–Crippen MR) is 72.2 cm³/mol. The molecule has 2 rings (SSSR count). The Bertz CT molecular complexity index is 639. The van der Waals surface area contributed by atoms with Crippen molar-refractivity contribution in [3.63, 3.8) is 0 Å². The van der Waals surface area contributed by atoms with Crippen molar-refractivity contribution >= 4 is 17.6 Å². The summed E-state index contributed by atoms with van der Waals surface area (Å²) in [6, 6.07) is 11.6. The number of halogens is 4. The topological polar surface area (TPSA) is 26.3 Å². The summed E-state index contributed by atoms with van der Waals surface area (Å²) in [5.74, 6) is -0.302.